The molecule has 0 amide bonds. The number of aromatic nitrogens is 1. The van der Waals surface area contributed by atoms with Gasteiger partial charge >= 0.3 is 0 Å². The Bertz CT molecular complexity index is 623. The van der Waals surface area contributed by atoms with Crippen molar-refractivity contribution in [1.82, 2.24) is 4.98 Å². The van der Waals surface area contributed by atoms with Crippen molar-refractivity contribution in [3.63, 3.8) is 0 Å². The van der Waals surface area contributed by atoms with E-state index in [1.165, 1.54) is 16.8 Å². The highest BCUT2D eigenvalue weighted by Crippen LogP contribution is 2.24. The number of morpholine rings is 1. The summed E-state index contributed by atoms with van der Waals surface area (Å²) in [4.78, 5) is 6.76. The van der Waals surface area contributed by atoms with Crippen LogP contribution >= 0.6 is 0 Å². The summed E-state index contributed by atoms with van der Waals surface area (Å²) in [5.41, 5.74) is 3.76. The van der Waals surface area contributed by atoms with E-state index in [4.69, 9.17) is 4.74 Å². The van der Waals surface area contributed by atoms with Gasteiger partial charge in [-0.2, -0.15) is 0 Å². The van der Waals surface area contributed by atoms with Crippen LogP contribution in [0, 0.1) is 6.92 Å². The van der Waals surface area contributed by atoms with Crippen molar-refractivity contribution in [3.8, 4) is 0 Å². The summed E-state index contributed by atoms with van der Waals surface area (Å²) in [6.07, 6.45) is 1.84. The van der Waals surface area contributed by atoms with Gasteiger partial charge in [-0.1, -0.05) is 12.1 Å². The Hall–Kier alpha value is -2.07. The van der Waals surface area contributed by atoms with Crippen LogP contribution in [-0.2, 0) is 4.74 Å². The maximum absolute atomic E-state index is 5.43. The summed E-state index contributed by atoms with van der Waals surface area (Å²) in [6, 6.07) is 13.0. The number of nitrogens with one attached hydrogen (secondary N) is 1. The Morgan fingerprint density at radius 3 is 2.77 bits per heavy atom. The fraction of sp³-hybridized carbons (Fsp3) is 0.389. The van der Waals surface area contributed by atoms with Crippen LogP contribution in [0.1, 0.15) is 24.1 Å². The summed E-state index contributed by atoms with van der Waals surface area (Å²) >= 11 is 0. The standard InChI is InChI=1S/C18H23N3O/c1-14-6-7-19-18(12-14)20-15(2)16-4-3-5-17(13-16)21-8-10-22-11-9-21/h3-7,12-13,15H,8-11H2,1-2H3,(H,19,20). The van der Waals surface area contributed by atoms with Gasteiger partial charge in [-0.25, -0.2) is 4.98 Å². The highest BCUT2D eigenvalue weighted by atomic mass is 16.5. The molecule has 4 nitrogen and oxygen atoms in total. The molecule has 1 atom stereocenters. The quantitative estimate of drug-likeness (QED) is 0.938. The lowest BCUT2D eigenvalue weighted by Gasteiger charge is -2.29. The Morgan fingerprint density at radius 2 is 2.00 bits per heavy atom. The largest absolute Gasteiger partial charge is 0.378 e. The lowest BCUT2D eigenvalue weighted by molar-refractivity contribution is 0.122. The molecule has 0 radical (unpaired) electrons. The molecule has 2 aromatic rings. The molecule has 4 heteroatoms. The zero-order valence-corrected chi connectivity index (χ0v) is 13.2. The van der Waals surface area contributed by atoms with Gasteiger partial charge in [-0.05, 0) is 49.2 Å². The SMILES string of the molecule is Cc1ccnc(NC(C)c2cccc(N3CCOCC3)c2)c1. The highest BCUT2D eigenvalue weighted by Gasteiger charge is 2.13. The molecular weight excluding hydrogens is 274 g/mol. The van der Waals surface area contributed by atoms with Gasteiger partial charge in [-0.15, -0.1) is 0 Å². The first kappa shape index (κ1) is 14.9. The molecule has 1 aromatic carbocycles. The van der Waals surface area contributed by atoms with Gasteiger partial charge in [0.25, 0.3) is 0 Å². The van der Waals surface area contributed by atoms with Crippen molar-refractivity contribution < 1.29 is 4.74 Å². The predicted octanol–water partition coefficient (Wildman–Crippen LogP) is 3.40. The van der Waals surface area contributed by atoms with Crippen molar-refractivity contribution in [1.29, 1.82) is 0 Å². The monoisotopic (exact) mass is 297 g/mol. The molecule has 1 aromatic heterocycles. The lowest BCUT2D eigenvalue weighted by atomic mass is 10.1. The molecule has 1 unspecified atom stereocenters. The Balaban J connectivity index is 1.73. The number of aryl methyl sites for hydroxylation is 1. The number of benzene rings is 1. The van der Waals surface area contributed by atoms with Crippen molar-refractivity contribution in [2.75, 3.05) is 36.5 Å². The zero-order valence-electron chi connectivity index (χ0n) is 13.2. The molecule has 22 heavy (non-hydrogen) atoms. The molecule has 0 aliphatic carbocycles. The lowest BCUT2D eigenvalue weighted by Crippen LogP contribution is -2.36. The van der Waals surface area contributed by atoms with E-state index in [1.54, 1.807) is 0 Å². The molecule has 0 saturated carbocycles. The summed E-state index contributed by atoms with van der Waals surface area (Å²) in [7, 11) is 0. The Morgan fingerprint density at radius 1 is 1.18 bits per heavy atom. The maximum Gasteiger partial charge on any atom is 0.126 e. The Kier molecular flexibility index (Phi) is 4.59. The summed E-state index contributed by atoms with van der Waals surface area (Å²) < 4.78 is 5.43. The molecule has 1 aliphatic heterocycles. The molecule has 2 heterocycles. The van der Waals surface area contributed by atoms with Crippen molar-refractivity contribution in [3.05, 3.63) is 53.7 Å². The third kappa shape index (κ3) is 3.57. The van der Waals surface area contributed by atoms with Crippen LogP contribution in [0.3, 0.4) is 0 Å². The summed E-state index contributed by atoms with van der Waals surface area (Å²) in [5, 5.41) is 3.47. The first-order valence-corrected chi connectivity index (χ1v) is 7.84. The average molecular weight is 297 g/mol. The van der Waals surface area contributed by atoms with E-state index in [1.807, 2.05) is 12.3 Å². The predicted molar refractivity (Wildman–Crippen MR) is 90.5 cm³/mol. The Labute approximate surface area is 132 Å². The van der Waals surface area contributed by atoms with Crippen LogP contribution in [0.2, 0.25) is 0 Å². The minimum absolute atomic E-state index is 0.218. The van der Waals surface area contributed by atoms with E-state index >= 15 is 0 Å². The van der Waals surface area contributed by atoms with E-state index in [0.29, 0.717) is 0 Å². The normalized spacial score (nSPS) is 16.4. The van der Waals surface area contributed by atoms with Crippen LogP contribution < -0.4 is 10.2 Å². The van der Waals surface area contributed by atoms with E-state index < -0.39 is 0 Å². The van der Waals surface area contributed by atoms with Gasteiger partial charge in [0, 0.05) is 25.0 Å². The molecular formula is C18H23N3O. The van der Waals surface area contributed by atoms with Gasteiger partial charge in [0.2, 0.25) is 0 Å². The highest BCUT2D eigenvalue weighted by molar-refractivity contribution is 5.51. The molecule has 0 bridgehead atoms. The third-order valence-corrected chi connectivity index (χ3v) is 4.03. The van der Waals surface area contributed by atoms with E-state index in [2.05, 4.69) is 59.4 Å². The molecule has 3 rings (SSSR count). The number of rotatable bonds is 4. The smallest absolute Gasteiger partial charge is 0.126 e. The number of anilines is 2. The topological polar surface area (TPSA) is 37.4 Å². The van der Waals surface area contributed by atoms with Crippen LogP contribution in [0.25, 0.3) is 0 Å². The van der Waals surface area contributed by atoms with Crippen molar-refractivity contribution >= 4 is 11.5 Å². The molecule has 0 spiro atoms. The number of pyridine rings is 1. The van der Waals surface area contributed by atoms with Gasteiger partial charge in [-0.3, -0.25) is 0 Å². The summed E-state index contributed by atoms with van der Waals surface area (Å²) in [6.45, 7) is 7.80. The average Bonchev–Trinajstić information content (AvgIpc) is 2.56. The molecule has 1 fully saturated rings. The van der Waals surface area contributed by atoms with Crippen molar-refractivity contribution in [2.24, 2.45) is 0 Å². The summed E-state index contributed by atoms with van der Waals surface area (Å²) in [5.74, 6) is 0.921. The fourth-order valence-electron chi connectivity index (χ4n) is 2.73. The van der Waals surface area contributed by atoms with Crippen LogP contribution in [0.5, 0.6) is 0 Å². The van der Waals surface area contributed by atoms with Crippen LogP contribution in [0.15, 0.2) is 42.6 Å². The second-order valence-corrected chi connectivity index (χ2v) is 5.78. The number of nitrogens with zero attached hydrogens (tertiary/aromatic N) is 2. The molecule has 116 valence electrons. The number of ether oxygens (including phenoxy) is 1. The van der Waals surface area contributed by atoms with Crippen molar-refractivity contribution in [2.45, 2.75) is 19.9 Å². The molecule has 1 aliphatic rings. The van der Waals surface area contributed by atoms with Gasteiger partial charge < -0.3 is 15.0 Å². The van der Waals surface area contributed by atoms with Crippen LogP contribution in [-0.4, -0.2) is 31.3 Å². The maximum atomic E-state index is 5.43. The van der Waals surface area contributed by atoms with E-state index in [9.17, 15) is 0 Å². The second-order valence-electron chi connectivity index (χ2n) is 5.78. The van der Waals surface area contributed by atoms with E-state index in [0.717, 1.165) is 32.1 Å². The van der Waals surface area contributed by atoms with Gasteiger partial charge in [0.05, 0.1) is 19.3 Å². The number of hydrogen-bond acceptors (Lipinski definition) is 4. The van der Waals surface area contributed by atoms with Gasteiger partial charge in [0.15, 0.2) is 0 Å². The minimum atomic E-state index is 0.218. The third-order valence-electron chi connectivity index (χ3n) is 4.03. The van der Waals surface area contributed by atoms with E-state index in [-0.39, 0.29) is 6.04 Å². The minimum Gasteiger partial charge on any atom is -0.378 e. The fourth-order valence-corrected chi connectivity index (χ4v) is 2.73. The zero-order chi connectivity index (χ0) is 15.4. The number of hydrogen-bond donors (Lipinski definition) is 1. The first-order valence-electron chi connectivity index (χ1n) is 7.84. The van der Waals surface area contributed by atoms with Gasteiger partial charge in [0.1, 0.15) is 5.82 Å². The molecule has 1 saturated heterocycles. The second kappa shape index (κ2) is 6.79. The van der Waals surface area contributed by atoms with Crippen LogP contribution in [0.4, 0.5) is 11.5 Å². The molecule has 1 N–H and O–H groups in total. The first-order chi connectivity index (χ1) is 10.7.